The lowest BCUT2D eigenvalue weighted by molar-refractivity contribution is -0.121. The summed E-state index contributed by atoms with van der Waals surface area (Å²) in [4.78, 5) is 11.1. The Labute approximate surface area is 80.3 Å². The SMILES string of the molecule is C#CCCCCC(=O)NCCNC. The Balaban J connectivity index is 3.16. The predicted octanol–water partition coefficient (Wildman–Crippen LogP) is 0.516. The van der Waals surface area contributed by atoms with Crippen LogP contribution in [-0.2, 0) is 4.79 Å². The summed E-state index contributed by atoms with van der Waals surface area (Å²) in [6.45, 7) is 1.51. The minimum Gasteiger partial charge on any atom is -0.355 e. The Morgan fingerprint density at radius 3 is 2.77 bits per heavy atom. The van der Waals surface area contributed by atoms with Gasteiger partial charge in [0, 0.05) is 25.9 Å². The first kappa shape index (κ1) is 12.0. The van der Waals surface area contributed by atoms with Crippen molar-refractivity contribution in [2.24, 2.45) is 0 Å². The lowest BCUT2D eigenvalue weighted by Crippen LogP contribution is -2.30. The number of unbranched alkanes of at least 4 members (excludes halogenated alkanes) is 2. The van der Waals surface area contributed by atoms with Gasteiger partial charge in [-0.15, -0.1) is 12.3 Å². The molecule has 0 aromatic rings. The summed E-state index contributed by atoms with van der Waals surface area (Å²) in [5, 5.41) is 5.77. The fourth-order valence-corrected chi connectivity index (χ4v) is 0.928. The van der Waals surface area contributed by atoms with Crippen molar-refractivity contribution in [2.75, 3.05) is 20.1 Å². The van der Waals surface area contributed by atoms with Crippen LogP contribution in [0.2, 0.25) is 0 Å². The topological polar surface area (TPSA) is 41.1 Å². The van der Waals surface area contributed by atoms with Gasteiger partial charge in [-0.3, -0.25) is 4.79 Å². The Hall–Kier alpha value is -1.01. The second kappa shape index (κ2) is 9.08. The highest BCUT2D eigenvalue weighted by atomic mass is 16.1. The average Bonchev–Trinajstić information content (AvgIpc) is 2.13. The van der Waals surface area contributed by atoms with Gasteiger partial charge in [0.05, 0.1) is 0 Å². The Morgan fingerprint density at radius 2 is 2.15 bits per heavy atom. The van der Waals surface area contributed by atoms with Gasteiger partial charge in [-0.2, -0.15) is 0 Å². The molecule has 0 aromatic carbocycles. The average molecular weight is 182 g/mol. The van der Waals surface area contributed by atoms with E-state index in [4.69, 9.17) is 6.42 Å². The lowest BCUT2D eigenvalue weighted by Gasteiger charge is -2.03. The third-order valence-corrected chi connectivity index (χ3v) is 1.67. The number of terminal acetylenes is 1. The molecule has 0 saturated carbocycles. The Bertz CT molecular complexity index is 172. The standard InChI is InChI=1S/C10H18N2O/c1-3-4-5-6-7-10(13)12-9-8-11-2/h1,11H,4-9H2,2H3,(H,12,13). The summed E-state index contributed by atoms with van der Waals surface area (Å²) < 4.78 is 0. The summed E-state index contributed by atoms with van der Waals surface area (Å²) in [5.74, 6) is 2.67. The van der Waals surface area contributed by atoms with E-state index in [1.165, 1.54) is 0 Å². The monoisotopic (exact) mass is 182 g/mol. The molecule has 0 spiro atoms. The molecule has 1 amide bonds. The first-order valence-corrected chi connectivity index (χ1v) is 4.66. The minimum atomic E-state index is 0.118. The van der Waals surface area contributed by atoms with E-state index in [1.807, 2.05) is 7.05 Å². The zero-order chi connectivity index (χ0) is 9.94. The zero-order valence-electron chi connectivity index (χ0n) is 8.23. The fraction of sp³-hybridized carbons (Fsp3) is 0.700. The van der Waals surface area contributed by atoms with Crippen LogP contribution < -0.4 is 10.6 Å². The van der Waals surface area contributed by atoms with Crippen LogP contribution in [0, 0.1) is 12.3 Å². The molecule has 74 valence electrons. The summed E-state index contributed by atoms with van der Waals surface area (Å²) in [6, 6.07) is 0. The molecule has 0 atom stereocenters. The van der Waals surface area contributed by atoms with Gasteiger partial charge < -0.3 is 10.6 Å². The van der Waals surface area contributed by atoms with Crippen molar-refractivity contribution in [2.45, 2.75) is 25.7 Å². The second-order valence-electron chi connectivity index (χ2n) is 2.86. The van der Waals surface area contributed by atoms with Crippen LogP contribution >= 0.6 is 0 Å². The van der Waals surface area contributed by atoms with Crippen molar-refractivity contribution < 1.29 is 4.79 Å². The zero-order valence-corrected chi connectivity index (χ0v) is 8.23. The molecule has 0 aliphatic carbocycles. The van der Waals surface area contributed by atoms with Crippen LogP contribution in [0.1, 0.15) is 25.7 Å². The first-order chi connectivity index (χ1) is 6.31. The molecule has 0 heterocycles. The predicted molar refractivity (Wildman–Crippen MR) is 54.2 cm³/mol. The molecular formula is C10H18N2O. The van der Waals surface area contributed by atoms with E-state index in [-0.39, 0.29) is 5.91 Å². The van der Waals surface area contributed by atoms with E-state index in [1.54, 1.807) is 0 Å². The molecule has 0 aliphatic heterocycles. The van der Waals surface area contributed by atoms with Crippen LogP contribution in [0.25, 0.3) is 0 Å². The van der Waals surface area contributed by atoms with Crippen molar-refractivity contribution in [3.05, 3.63) is 0 Å². The minimum absolute atomic E-state index is 0.118. The van der Waals surface area contributed by atoms with E-state index in [0.29, 0.717) is 13.0 Å². The number of nitrogens with one attached hydrogen (secondary N) is 2. The summed E-state index contributed by atoms with van der Waals surface area (Å²) in [5.41, 5.74) is 0. The highest BCUT2D eigenvalue weighted by Gasteiger charge is 1.98. The van der Waals surface area contributed by atoms with Crippen LogP contribution in [0.3, 0.4) is 0 Å². The molecule has 0 fully saturated rings. The molecule has 3 nitrogen and oxygen atoms in total. The highest BCUT2D eigenvalue weighted by molar-refractivity contribution is 5.75. The lowest BCUT2D eigenvalue weighted by atomic mass is 10.2. The number of amides is 1. The molecule has 0 unspecified atom stereocenters. The maximum absolute atomic E-state index is 11.1. The molecular weight excluding hydrogens is 164 g/mol. The Morgan fingerprint density at radius 1 is 1.38 bits per heavy atom. The molecule has 0 aromatic heterocycles. The van der Waals surface area contributed by atoms with Crippen LogP contribution in [0.15, 0.2) is 0 Å². The normalized spacial score (nSPS) is 9.23. The Kier molecular flexibility index (Phi) is 8.38. The van der Waals surface area contributed by atoms with Gasteiger partial charge in [-0.25, -0.2) is 0 Å². The van der Waals surface area contributed by atoms with Gasteiger partial charge in [0.2, 0.25) is 5.91 Å². The summed E-state index contributed by atoms with van der Waals surface area (Å²) in [6.07, 6.45) is 8.27. The van der Waals surface area contributed by atoms with Crippen LogP contribution in [-0.4, -0.2) is 26.0 Å². The van der Waals surface area contributed by atoms with Crippen molar-refractivity contribution >= 4 is 5.91 Å². The van der Waals surface area contributed by atoms with Crippen molar-refractivity contribution in [1.29, 1.82) is 0 Å². The molecule has 13 heavy (non-hydrogen) atoms. The van der Waals surface area contributed by atoms with Crippen molar-refractivity contribution in [3.8, 4) is 12.3 Å². The highest BCUT2D eigenvalue weighted by Crippen LogP contribution is 1.97. The van der Waals surface area contributed by atoms with Gasteiger partial charge >= 0.3 is 0 Å². The van der Waals surface area contributed by atoms with Gasteiger partial charge in [0.1, 0.15) is 0 Å². The number of carbonyl (C=O) groups is 1. The van der Waals surface area contributed by atoms with Crippen LogP contribution in [0.5, 0.6) is 0 Å². The number of hydrogen-bond acceptors (Lipinski definition) is 2. The number of likely N-dealkylation sites (N-methyl/N-ethyl adjacent to an activating group) is 1. The molecule has 0 saturated heterocycles. The van der Waals surface area contributed by atoms with E-state index < -0.39 is 0 Å². The van der Waals surface area contributed by atoms with Gasteiger partial charge in [-0.1, -0.05) is 0 Å². The van der Waals surface area contributed by atoms with E-state index in [2.05, 4.69) is 16.6 Å². The first-order valence-electron chi connectivity index (χ1n) is 4.66. The smallest absolute Gasteiger partial charge is 0.220 e. The third-order valence-electron chi connectivity index (χ3n) is 1.67. The summed E-state index contributed by atoms with van der Waals surface area (Å²) in [7, 11) is 1.86. The number of rotatable bonds is 7. The van der Waals surface area contributed by atoms with E-state index in [9.17, 15) is 4.79 Å². The molecule has 3 heteroatoms. The maximum Gasteiger partial charge on any atom is 0.220 e. The quantitative estimate of drug-likeness (QED) is 0.445. The molecule has 0 bridgehead atoms. The van der Waals surface area contributed by atoms with Crippen LogP contribution in [0.4, 0.5) is 0 Å². The van der Waals surface area contributed by atoms with Gasteiger partial charge in [0.25, 0.3) is 0 Å². The fourth-order valence-electron chi connectivity index (χ4n) is 0.928. The van der Waals surface area contributed by atoms with Crippen molar-refractivity contribution in [3.63, 3.8) is 0 Å². The second-order valence-corrected chi connectivity index (χ2v) is 2.86. The molecule has 2 N–H and O–H groups in total. The largest absolute Gasteiger partial charge is 0.355 e. The van der Waals surface area contributed by atoms with Gasteiger partial charge in [0.15, 0.2) is 0 Å². The third kappa shape index (κ3) is 8.90. The molecule has 0 aliphatic rings. The molecule has 0 rings (SSSR count). The maximum atomic E-state index is 11.1. The van der Waals surface area contributed by atoms with Crippen molar-refractivity contribution in [1.82, 2.24) is 10.6 Å². The molecule has 0 radical (unpaired) electrons. The number of carbonyl (C=O) groups excluding carboxylic acids is 1. The number of hydrogen-bond donors (Lipinski definition) is 2. The summed E-state index contributed by atoms with van der Waals surface area (Å²) >= 11 is 0. The van der Waals surface area contributed by atoms with E-state index in [0.717, 1.165) is 25.8 Å². The van der Waals surface area contributed by atoms with E-state index >= 15 is 0 Å². The van der Waals surface area contributed by atoms with Gasteiger partial charge in [-0.05, 0) is 19.9 Å².